The Balaban J connectivity index is 1.92. The molecule has 0 aromatic heterocycles. The molecule has 3 rings (SSSR count). The minimum Gasteiger partial charge on any atom is -0.483 e. The number of hydrogen-bond donors (Lipinski definition) is 1. The van der Waals surface area contributed by atoms with Crippen LogP contribution >= 0.6 is 15.9 Å². The van der Waals surface area contributed by atoms with Crippen LogP contribution in [0.15, 0.2) is 83.3 Å². The molecule has 0 aliphatic rings. The van der Waals surface area contributed by atoms with E-state index in [1.54, 1.807) is 4.90 Å². The van der Waals surface area contributed by atoms with Crippen molar-refractivity contribution in [3.63, 3.8) is 0 Å². The Labute approximate surface area is 235 Å². The second kappa shape index (κ2) is 14.1. The van der Waals surface area contributed by atoms with Gasteiger partial charge in [-0.15, -0.1) is 0 Å². The molecular formula is C32H39BrN2O3. The number of ether oxygens (including phenoxy) is 1. The lowest BCUT2D eigenvalue weighted by Gasteiger charge is -2.32. The first kappa shape index (κ1) is 29.4. The van der Waals surface area contributed by atoms with E-state index < -0.39 is 6.04 Å². The second-order valence-corrected chi connectivity index (χ2v) is 11.5. The number of rotatable bonds is 12. The van der Waals surface area contributed by atoms with Gasteiger partial charge >= 0.3 is 0 Å². The molecule has 3 aromatic carbocycles. The molecule has 1 N–H and O–H groups in total. The highest BCUT2D eigenvalue weighted by Crippen LogP contribution is 2.31. The van der Waals surface area contributed by atoms with Crippen molar-refractivity contribution in [1.82, 2.24) is 10.2 Å². The van der Waals surface area contributed by atoms with Gasteiger partial charge in [-0.25, -0.2) is 0 Å². The summed E-state index contributed by atoms with van der Waals surface area (Å²) < 4.78 is 7.04. The predicted octanol–water partition coefficient (Wildman–Crippen LogP) is 6.68. The zero-order valence-corrected chi connectivity index (χ0v) is 24.5. The van der Waals surface area contributed by atoms with Gasteiger partial charge in [0, 0.05) is 24.0 Å². The summed E-state index contributed by atoms with van der Waals surface area (Å²) in [5, 5.41) is 3.06. The molecule has 202 valence electrons. The molecule has 0 bridgehead atoms. The van der Waals surface area contributed by atoms with Gasteiger partial charge in [-0.3, -0.25) is 9.59 Å². The van der Waals surface area contributed by atoms with E-state index in [1.165, 1.54) is 0 Å². The van der Waals surface area contributed by atoms with Crippen molar-refractivity contribution in [3.05, 3.63) is 100 Å². The average Bonchev–Trinajstić information content (AvgIpc) is 2.89. The number of para-hydroxylation sites is 1. The summed E-state index contributed by atoms with van der Waals surface area (Å²) in [4.78, 5) is 29.0. The lowest BCUT2D eigenvalue weighted by atomic mass is 9.86. The van der Waals surface area contributed by atoms with Crippen molar-refractivity contribution in [1.29, 1.82) is 0 Å². The van der Waals surface area contributed by atoms with Crippen LogP contribution in [0, 0.1) is 0 Å². The smallest absolute Gasteiger partial charge is 0.261 e. The molecule has 3 aromatic rings. The van der Waals surface area contributed by atoms with Gasteiger partial charge in [-0.1, -0.05) is 111 Å². The van der Waals surface area contributed by atoms with Crippen LogP contribution in [0.2, 0.25) is 0 Å². The topological polar surface area (TPSA) is 58.6 Å². The van der Waals surface area contributed by atoms with E-state index in [4.69, 9.17) is 4.74 Å². The Morgan fingerprint density at radius 3 is 2.32 bits per heavy atom. The zero-order valence-electron chi connectivity index (χ0n) is 22.9. The van der Waals surface area contributed by atoms with E-state index in [9.17, 15) is 9.59 Å². The second-order valence-electron chi connectivity index (χ2n) is 10.5. The Hall–Kier alpha value is -3.12. The molecule has 38 heavy (non-hydrogen) atoms. The standard InChI is InChI=1S/C32H39BrN2O3/c1-5-6-19-34-31(37)28(21-24-13-8-7-9-14-24)35(22-25-15-12-16-26(33)20-25)30(36)23-38-29-18-11-10-17-27(29)32(2,3)4/h7-18,20,28H,5-6,19,21-23H2,1-4H3,(H,34,37). The first-order chi connectivity index (χ1) is 18.2. The van der Waals surface area contributed by atoms with Crippen molar-refractivity contribution in [3.8, 4) is 5.75 Å². The summed E-state index contributed by atoms with van der Waals surface area (Å²) in [6.07, 6.45) is 2.28. The molecule has 0 heterocycles. The van der Waals surface area contributed by atoms with Crippen LogP contribution in [-0.2, 0) is 28.0 Å². The molecule has 1 unspecified atom stereocenters. The van der Waals surface area contributed by atoms with Crippen LogP contribution in [0.5, 0.6) is 5.75 Å². The van der Waals surface area contributed by atoms with Crippen LogP contribution < -0.4 is 10.1 Å². The van der Waals surface area contributed by atoms with Crippen LogP contribution in [0.1, 0.15) is 57.2 Å². The average molecular weight is 580 g/mol. The molecule has 2 amide bonds. The molecule has 0 radical (unpaired) electrons. The maximum Gasteiger partial charge on any atom is 0.261 e. The largest absolute Gasteiger partial charge is 0.483 e. The summed E-state index contributed by atoms with van der Waals surface area (Å²) in [5.74, 6) is 0.295. The molecule has 0 spiro atoms. The molecule has 1 atom stereocenters. The summed E-state index contributed by atoms with van der Waals surface area (Å²) in [6.45, 7) is 9.15. The third-order valence-corrected chi connectivity index (χ3v) is 6.88. The van der Waals surface area contributed by atoms with Crippen LogP contribution in [0.4, 0.5) is 0 Å². The molecule has 0 fully saturated rings. The molecule has 0 aliphatic heterocycles. The van der Waals surface area contributed by atoms with Gasteiger partial charge in [0.15, 0.2) is 6.61 Å². The molecule has 0 saturated carbocycles. The van der Waals surface area contributed by atoms with E-state index in [1.807, 2.05) is 78.9 Å². The summed E-state index contributed by atoms with van der Waals surface area (Å²) >= 11 is 3.53. The van der Waals surface area contributed by atoms with E-state index in [0.717, 1.165) is 34.0 Å². The number of halogens is 1. The first-order valence-electron chi connectivity index (χ1n) is 13.3. The van der Waals surface area contributed by atoms with E-state index in [0.29, 0.717) is 25.3 Å². The number of unbranched alkanes of at least 4 members (excludes halogenated alkanes) is 1. The van der Waals surface area contributed by atoms with Crippen molar-refractivity contribution >= 4 is 27.7 Å². The van der Waals surface area contributed by atoms with Crippen LogP contribution in [0.25, 0.3) is 0 Å². The number of amides is 2. The number of nitrogens with zero attached hydrogens (tertiary/aromatic N) is 1. The molecule has 0 aliphatic carbocycles. The lowest BCUT2D eigenvalue weighted by Crippen LogP contribution is -2.51. The highest BCUT2D eigenvalue weighted by atomic mass is 79.9. The fraction of sp³-hybridized carbons (Fsp3) is 0.375. The van der Waals surface area contributed by atoms with E-state index in [2.05, 4.69) is 48.9 Å². The number of carbonyl (C=O) groups is 2. The van der Waals surface area contributed by atoms with Crippen molar-refractivity contribution < 1.29 is 14.3 Å². The van der Waals surface area contributed by atoms with Crippen LogP contribution in [0.3, 0.4) is 0 Å². The number of benzene rings is 3. The predicted molar refractivity (Wildman–Crippen MR) is 157 cm³/mol. The first-order valence-corrected chi connectivity index (χ1v) is 14.1. The van der Waals surface area contributed by atoms with Gasteiger partial charge in [0.1, 0.15) is 11.8 Å². The third-order valence-electron chi connectivity index (χ3n) is 6.39. The van der Waals surface area contributed by atoms with Crippen molar-refractivity contribution in [2.45, 2.75) is 65.0 Å². The number of hydrogen-bond acceptors (Lipinski definition) is 3. The monoisotopic (exact) mass is 578 g/mol. The number of carbonyl (C=O) groups excluding carboxylic acids is 2. The van der Waals surface area contributed by atoms with Gasteiger partial charge in [-0.2, -0.15) is 0 Å². The van der Waals surface area contributed by atoms with Gasteiger partial charge in [0.2, 0.25) is 5.91 Å². The van der Waals surface area contributed by atoms with Crippen LogP contribution in [-0.4, -0.2) is 35.9 Å². The minimum atomic E-state index is -0.679. The molecule has 5 nitrogen and oxygen atoms in total. The normalized spacial score (nSPS) is 12.0. The Morgan fingerprint density at radius 2 is 1.63 bits per heavy atom. The Bertz CT molecular complexity index is 1190. The van der Waals surface area contributed by atoms with Crippen molar-refractivity contribution in [2.24, 2.45) is 0 Å². The quantitative estimate of drug-likeness (QED) is 0.244. The minimum absolute atomic E-state index is 0.134. The summed E-state index contributed by atoms with van der Waals surface area (Å²) in [5.41, 5.74) is 2.82. The maximum atomic E-state index is 13.8. The van der Waals surface area contributed by atoms with Crippen molar-refractivity contribution in [2.75, 3.05) is 13.2 Å². The fourth-order valence-electron chi connectivity index (χ4n) is 4.33. The summed E-state index contributed by atoms with van der Waals surface area (Å²) in [6, 6.07) is 24.8. The van der Waals surface area contributed by atoms with E-state index >= 15 is 0 Å². The Morgan fingerprint density at radius 1 is 0.947 bits per heavy atom. The maximum absolute atomic E-state index is 13.8. The molecule has 6 heteroatoms. The zero-order chi connectivity index (χ0) is 27.5. The van der Waals surface area contributed by atoms with Gasteiger partial charge in [0.05, 0.1) is 0 Å². The SMILES string of the molecule is CCCCNC(=O)C(Cc1ccccc1)N(Cc1cccc(Br)c1)C(=O)COc1ccccc1C(C)(C)C. The van der Waals surface area contributed by atoms with Gasteiger partial charge in [0.25, 0.3) is 5.91 Å². The third kappa shape index (κ3) is 8.73. The summed E-state index contributed by atoms with van der Waals surface area (Å²) in [7, 11) is 0. The van der Waals surface area contributed by atoms with Gasteiger partial charge < -0.3 is 15.0 Å². The number of nitrogens with one attached hydrogen (secondary N) is 1. The molecular weight excluding hydrogens is 540 g/mol. The molecule has 0 saturated heterocycles. The van der Waals surface area contributed by atoms with Gasteiger partial charge in [-0.05, 0) is 46.7 Å². The Kier molecular flexibility index (Phi) is 11.0. The lowest BCUT2D eigenvalue weighted by molar-refractivity contribution is -0.142. The fourth-order valence-corrected chi connectivity index (χ4v) is 4.77. The highest BCUT2D eigenvalue weighted by Gasteiger charge is 2.31. The van der Waals surface area contributed by atoms with E-state index in [-0.39, 0.29) is 23.8 Å². The highest BCUT2D eigenvalue weighted by molar-refractivity contribution is 9.10.